The number of aromatic nitrogens is 6. The smallest absolute Gasteiger partial charge is 0.237 e. The van der Waals surface area contributed by atoms with E-state index in [1.54, 1.807) is 6.33 Å². The molecular formula is C23H20N6O. The number of para-hydroxylation sites is 2. The minimum atomic E-state index is 0.293. The molecule has 0 saturated carbocycles. The molecule has 2 aromatic carbocycles. The Hall–Kier alpha value is -3.58. The Morgan fingerprint density at radius 1 is 0.833 bits per heavy atom. The van der Waals surface area contributed by atoms with Crippen LogP contribution in [-0.4, -0.2) is 42.3 Å². The molecule has 0 aliphatic carbocycles. The number of imidazole rings is 2. The van der Waals surface area contributed by atoms with Gasteiger partial charge in [0.05, 0.1) is 17.2 Å². The summed E-state index contributed by atoms with van der Waals surface area (Å²) in [5.41, 5.74) is 4.63. The fraction of sp³-hybridized carbons (Fsp3) is 0.217. The summed E-state index contributed by atoms with van der Waals surface area (Å²) >= 11 is 0. The molecule has 5 aromatic rings. The molecule has 6 rings (SSSR count). The summed E-state index contributed by atoms with van der Waals surface area (Å²) in [5.74, 6) is 1.53. The molecular weight excluding hydrogens is 376 g/mol. The summed E-state index contributed by atoms with van der Waals surface area (Å²) in [6, 6.07) is 18.6. The number of nitrogens with zero attached hydrogens (tertiary/aromatic N) is 6. The Bertz CT molecular complexity index is 1330. The Morgan fingerprint density at radius 2 is 1.63 bits per heavy atom. The van der Waals surface area contributed by atoms with E-state index in [2.05, 4.69) is 26.7 Å². The van der Waals surface area contributed by atoms with Gasteiger partial charge in [0.15, 0.2) is 5.65 Å². The number of hydrogen-bond acceptors (Lipinski definition) is 5. The third-order valence-electron chi connectivity index (χ3n) is 5.68. The largest absolute Gasteiger partial charge is 0.381 e. The van der Waals surface area contributed by atoms with Crippen molar-refractivity contribution in [3.63, 3.8) is 0 Å². The zero-order valence-corrected chi connectivity index (χ0v) is 16.3. The second-order valence-corrected chi connectivity index (χ2v) is 7.50. The summed E-state index contributed by atoms with van der Waals surface area (Å²) in [6.07, 6.45) is 5.48. The molecule has 0 unspecified atom stereocenters. The summed E-state index contributed by atoms with van der Waals surface area (Å²) in [5, 5.41) is 0. The Morgan fingerprint density at radius 3 is 2.50 bits per heavy atom. The van der Waals surface area contributed by atoms with Crippen LogP contribution in [0.2, 0.25) is 0 Å². The minimum absolute atomic E-state index is 0.293. The molecule has 4 heterocycles. The first-order valence-corrected chi connectivity index (χ1v) is 10.2. The minimum Gasteiger partial charge on any atom is -0.381 e. The van der Waals surface area contributed by atoms with Crippen LogP contribution in [0.5, 0.6) is 0 Å². The maximum absolute atomic E-state index is 5.61. The van der Waals surface area contributed by atoms with Crippen molar-refractivity contribution >= 4 is 22.2 Å². The molecule has 1 aliphatic heterocycles. The standard InChI is InChI=1S/C23H20N6O/c1-2-6-16(7-3-1)21-26-19-14-24-23(28-15-25-18-8-4-5-9-20(18)28)27-22(19)29(21)17-10-12-30-13-11-17/h1-9,14-15,17H,10-13H2. The average Bonchev–Trinajstić information content (AvgIpc) is 3.41. The molecule has 0 spiro atoms. The van der Waals surface area contributed by atoms with Gasteiger partial charge in [0.2, 0.25) is 5.95 Å². The van der Waals surface area contributed by atoms with E-state index < -0.39 is 0 Å². The first-order valence-electron chi connectivity index (χ1n) is 10.2. The molecule has 0 atom stereocenters. The Labute approximate surface area is 173 Å². The van der Waals surface area contributed by atoms with Crippen molar-refractivity contribution in [3.8, 4) is 17.3 Å². The van der Waals surface area contributed by atoms with Crippen LogP contribution in [0, 0.1) is 0 Å². The van der Waals surface area contributed by atoms with Gasteiger partial charge in [-0.2, -0.15) is 4.98 Å². The van der Waals surface area contributed by atoms with Crippen molar-refractivity contribution in [2.45, 2.75) is 18.9 Å². The molecule has 1 aliphatic rings. The van der Waals surface area contributed by atoms with Crippen molar-refractivity contribution < 1.29 is 4.74 Å². The lowest BCUT2D eigenvalue weighted by Crippen LogP contribution is -2.20. The zero-order valence-electron chi connectivity index (χ0n) is 16.3. The van der Waals surface area contributed by atoms with E-state index in [-0.39, 0.29) is 0 Å². The number of hydrogen-bond donors (Lipinski definition) is 0. The lowest BCUT2D eigenvalue weighted by molar-refractivity contribution is 0.0708. The highest BCUT2D eigenvalue weighted by atomic mass is 16.5. The normalized spacial score (nSPS) is 15.2. The Kier molecular flexibility index (Phi) is 4.06. The molecule has 7 heteroatoms. The van der Waals surface area contributed by atoms with Crippen LogP contribution >= 0.6 is 0 Å². The molecule has 30 heavy (non-hydrogen) atoms. The number of rotatable bonds is 3. The number of fused-ring (bicyclic) bond motifs is 2. The van der Waals surface area contributed by atoms with E-state index in [4.69, 9.17) is 14.7 Å². The number of ether oxygens (including phenoxy) is 1. The van der Waals surface area contributed by atoms with E-state index in [9.17, 15) is 0 Å². The van der Waals surface area contributed by atoms with Gasteiger partial charge in [-0.05, 0) is 25.0 Å². The first-order chi connectivity index (χ1) is 14.9. The van der Waals surface area contributed by atoms with E-state index in [1.807, 2.05) is 53.2 Å². The van der Waals surface area contributed by atoms with Crippen LogP contribution < -0.4 is 0 Å². The maximum atomic E-state index is 5.61. The predicted octanol–water partition coefficient (Wildman–Crippen LogP) is 4.18. The fourth-order valence-corrected chi connectivity index (χ4v) is 4.20. The second kappa shape index (κ2) is 7.03. The van der Waals surface area contributed by atoms with Gasteiger partial charge in [-0.1, -0.05) is 42.5 Å². The quantitative estimate of drug-likeness (QED) is 0.457. The van der Waals surface area contributed by atoms with Gasteiger partial charge in [0, 0.05) is 24.8 Å². The van der Waals surface area contributed by atoms with E-state index in [1.165, 1.54) is 0 Å². The molecule has 0 bridgehead atoms. The molecule has 7 nitrogen and oxygen atoms in total. The van der Waals surface area contributed by atoms with Gasteiger partial charge in [-0.25, -0.2) is 15.0 Å². The fourth-order valence-electron chi connectivity index (χ4n) is 4.20. The highest BCUT2D eigenvalue weighted by molar-refractivity contribution is 5.79. The van der Waals surface area contributed by atoms with Crippen LogP contribution in [0.4, 0.5) is 0 Å². The third-order valence-corrected chi connectivity index (χ3v) is 5.68. The highest BCUT2D eigenvalue weighted by Gasteiger charge is 2.24. The summed E-state index contributed by atoms with van der Waals surface area (Å²) < 4.78 is 9.81. The summed E-state index contributed by atoms with van der Waals surface area (Å²) in [6.45, 7) is 1.51. The molecule has 148 valence electrons. The topological polar surface area (TPSA) is 70.7 Å². The highest BCUT2D eigenvalue weighted by Crippen LogP contribution is 2.32. The molecule has 0 radical (unpaired) electrons. The lowest BCUT2D eigenvalue weighted by atomic mass is 10.1. The van der Waals surface area contributed by atoms with E-state index in [0.717, 1.165) is 59.6 Å². The predicted molar refractivity (Wildman–Crippen MR) is 114 cm³/mol. The van der Waals surface area contributed by atoms with Gasteiger partial charge in [-0.15, -0.1) is 0 Å². The van der Waals surface area contributed by atoms with Crippen LogP contribution in [0.3, 0.4) is 0 Å². The van der Waals surface area contributed by atoms with Gasteiger partial charge in [-0.3, -0.25) is 4.57 Å². The van der Waals surface area contributed by atoms with Crippen molar-refractivity contribution in [1.82, 2.24) is 29.1 Å². The molecule has 0 N–H and O–H groups in total. The monoisotopic (exact) mass is 396 g/mol. The average molecular weight is 396 g/mol. The summed E-state index contributed by atoms with van der Waals surface area (Å²) in [4.78, 5) is 19.0. The van der Waals surface area contributed by atoms with Gasteiger partial charge >= 0.3 is 0 Å². The molecule has 1 saturated heterocycles. The van der Waals surface area contributed by atoms with Crippen molar-refractivity contribution in [2.75, 3.05) is 13.2 Å². The van der Waals surface area contributed by atoms with E-state index in [0.29, 0.717) is 12.0 Å². The molecule has 1 fully saturated rings. The molecule has 0 amide bonds. The van der Waals surface area contributed by atoms with Crippen LogP contribution in [-0.2, 0) is 4.74 Å². The lowest BCUT2D eigenvalue weighted by Gasteiger charge is -2.25. The van der Waals surface area contributed by atoms with Crippen LogP contribution in [0.1, 0.15) is 18.9 Å². The van der Waals surface area contributed by atoms with Crippen LogP contribution in [0.15, 0.2) is 67.1 Å². The summed E-state index contributed by atoms with van der Waals surface area (Å²) in [7, 11) is 0. The molecule has 3 aromatic heterocycles. The maximum Gasteiger partial charge on any atom is 0.237 e. The van der Waals surface area contributed by atoms with Crippen molar-refractivity contribution in [2.24, 2.45) is 0 Å². The second-order valence-electron chi connectivity index (χ2n) is 7.50. The SMILES string of the molecule is c1ccc(-c2nc3cnc(-n4cnc5ccccc54)nc3n2C2CCOCC2)cc1. The van der Waals surface area contributed by atoms with Gasteiger partial charge in [0.1, 0.15) is 17.7 Å². The Balaban J connectivity index is 1.57. The van der Waals surface area contributed by atoms with Crippen molar-refractivity contribution in [3.05, 3.63) is 67.1 Å². The number of benzene rings is 2. The van der Waals surface area contributed by atoms with Crippen LogP contribution in [0.25, 0.3) is 39.5 Å². The van der Waals surface area contributed by atoms with Gasteiger partial charge in [0.25, 0.3) is 0 Å². The zero-order chi connectivity index (χ0) is 19.9. The first kappa shape index (κ1) is 17.3. The van der Waals surface area contributed by atoms with Gasteiger partial charge < -0.3 is 9.30 Å². The van der Waals surface area contributed by atoms with E-state index >= 15 is 0 Å². The van der Waals surface area contributed by atoms with Crippen molar-refractivity contribution in [1.29, 1.82) is 0 Å². The third kappa shape index (κ3) is 2.78.